The fourth-order valence-electron chi connectivity index (χ4n) is 3.49. The molecule has 1 amide bonds. The Morgan fingerprint density at radius 3 is 2.88 bits per heavy atom. The average molecular weight is 352 g/mol. The van der Waals surface area contributed by atoms with Crippen LogP contribution in [-0.2, 0) is 9.53 Å². The lowest BCUT2D eigenvalue weighted by Gasteiger charge is -2.35. The summed E-state index contributed by atoms with van der Waals surface area (Å²) in [5.41, 5.74) is 1.07. The SMILES string of the molecule is O=C(NCC(c1ccccc1Cl)N1CCOCC1)C1CCCNC1. The number of morpholine rings is 1. The zero-order valence-electron chi connectivity index (χ0n) is 14.0. The molecule has 0 spiro atoms. The van der Waals surface area contributed by atoms with E-state index in [4.69, 9.17) is 16.3 Å². The van der Waals surface area contributed by atoms with Crippen LogP contribution in [0.5, 0.6) is 0 Å². The zero-order valence-corrected chi connectivity index (χ0v) is 14.7. The van der Waals surface area contributed by atoms with Crippen LogP contribution in [0.3, 0.4) is 0 Å². The molecule has 2 saturated heterocycles. The maximum Gasteiger partial charge on any atom is 0.224 e. The summed E-state index contributed by atoms with van der Waals surface area (Å²) in [5, 5.41) is 7.21. The van der Waals surface area contributed by atoms with E-state index in [0.717, 1.165) is 62.8 Å². The van der Waals surface area contributed by atoms with Gasteiger partial charge in [-0.15, -0.1) is 0 Å². The minimum absolute atomic E-state index is 0.0790. The molecule has 2 aliphatic rings. The molecule has 1 aromatic rings. The molecule has 132 valence electrons. The van der Waals surface area contributed by atoms with Crippen LogP contribution < -0.4 is 10.6 Å². The number of ether oxygens (including phenoxy) is 1. The fraction of sp³-hybridized carbons (Fsp3) is 0.611. The van der Waals surface area contributed by atoms with E-state index in [0.29, 0.717) is 6.54 Å². The highest BCUT2D eigenvalue weighted by atomic mass is 35.5. The molecule has 2 aliphatic heterocycles. The standard InChI is InChI=1S/C18H26ClN3O2/c19-16-6-2-1-5-15(16)17(22-8-10-24-11-9-22)13-21-18(23)14-4-3-7-20-12-14/h1-2,5-6,14,17,20H,3-4,7-13H2,(H,21,23). The number of carbonyl (C=O) groups is 1. The van der Waals surface area contributed by atoms with Crippen molar-refractivity contribution in [1.82, 2.24) is 15.5 Å². The first-order valence-corrected chi connectivity index (χ1v) is 9.18. The minimum Gasteiger partial charge on any atom is -0.379 e. The molecular weight excluding hydrogens is 326 g/mol. The van der Waals surface area contributed by atoms with E-state index >= 15 is 0 Å². The van der Waals surface area contributed by atoms with Gasteiger partial charge in [-0.25, -0.2) is 0 Å². The first-order valence-electron chi connectivity index (χ1n) is 8.80. The molecule has 2 unspecified atom stereocenters. The maximum atomic E-state index is 12.5. The summed E-state index contributed by atoms with van der Waals surface area (Å²) in [5.74, 6) is 0.225. The number of amides is 1. The first-order chi connectivity index (χ1) is 11.8. The van der Waals surface area contributed by atoms with Gasteiger partial charge in [0.15, 0.2) is 0 Å². The molecule has 24 heavy (non-hydrogen) atoms. The van der Waals surface area contributed by atoms with Crippen molar-refractivity contribution in [2.45, 2.75) is 18.9 Å². The van der Waals surface area contributed by atoms with Crippen molar-refractivity contribution < 1.29 is 9.53 Å². The van der Waals surface area contributed by atoms with Gasteiger partial charge in [0.2, 0.25) is 5.91 Å². The second-order valence-electron chi connectivity index (χ2n) is 6.47. The van der Waals surface area contributed by atoms with E-state index in [-0.39, 0.29) is 17.9 Å². The second kappa shape index (κ2) is 8.81. The third kappa shape index (κ3) is 4.48. The van der Waals surface area contributed by atoms with E-state index in [1.165, 1.54) is 0 Å². The van der Waals surface area contributed by atoms with Gasteiger partial charge in [-0.05, 0) is 31.0 Å². The molecule has 1 aromatic carbocycles. The van der Waals surface area contributed by atoms with E-state index in [2.05, 4.69) is 21.6 Å². The molecule has 2 N–H and O–H groups in total. The Morgan fingerprint density at radius 2 is 2.17 bits per heavy atom. The van der Waals surface area contributed by atoms with Crippen LogP contribution in [0.25, 0.3) is 0 Å². The number of nitrogens with zero attached hydrogens (tertiary/aromatic N) is 1. The van der Waals surface area contributed by atoms with Gasteiger partial charge in [0, 0.05) is 31.2 Å². The zero-order chi connectivity index (χ0) is 16.8. The number of hydrogen-bond acceptors (Lipinski definition) is 4. The van der Waals surface area contributed by atoms with Crippen molar-refractivity contribution in [2.24, 2.45) is 5.92 Å². The summed E-state index contributed by atoms with van der Waals surface area (Å²) in [4.78, 5) is 14.8. The first kappa shape index (κ1) is 17.7. The summed E-state index contributed by atoms with van der Waals surface area (Å²) >= 11 is 6.42. The number of piperidine rings is 1. The van der Waals surface area contributed by atoms with Crippen LogP contribution in [0.15, 0.2) is 24.3 Å². The highest BCUT2D eigenvalue weighted by molar-refractivity contribution is 6.31. The quantitative estimate of drug-likeness (QED) is 0.849. The van der Waals surface area contributed by atoms with Crippen LogP contribution in [-0.4, -0.2) is 56.7 Å². The van der Waals surface area contributed by atoms with Crippen LogP contribution in [0.4, 0.5) is 0 Å². The molecule has 2 atom stereocenters. The second-order valence-corrected chi connectivity index (χ2v) is 6.88. The molecule has 2 heterocycles. The molecule has 2 fully saturated rings. The lowest BCUT2D eigenvalue weighted by Crippen LogP contribution is -2.46. The Bertz CT molecular complexity index is 543. The van der Waals surface area contributed by atoms with E-state index < -0.39 is 0 Å². The van der Waals surface area contributed by atoms with Crippen LogP contribution in [0, 0.1) is 5.92 Å². The molecule has 0 aromatic heterocycles. The predicted molar refractivity (Wildman–Crippen MR) is 95.2 cm³/mol. The van der Waals surface area contributed by atoms with Gasteiger partial charge in [-0.3, -0.25) is 9.69 Å². The number of halogens is 1. The minimum atomic E-state index is 0.0790. The van der Waals surface area contributed by atoms with Crippen molar-refractivity contribution >= 4 is 17.5 Å². The lowest BCUT2D eigenvalue weighted by atomic mass is 9.98. The largest absolute Gasteiger partial charge is 0.379 e. The predicted octanol–water partition coefficient (Wildman–Crippen LogP) is 1.83. The lowest BCUT2D eigenvalue weighted by molar-refractivity contribution is -0.125. The Labute approximate surface area is 148 Å². The van der Waals surface area contributed by atoms with Crippen molar-refractivity contribution in [3.63, 3.8) is 0 Å². The third-order valence-electron chi connectivity index (χ3n) is 4.89. The number of hydrogen-bond donors (Lipinski definition) is 2. The van der Waals surface area contributed by atoms with Crippen LogP contribution in [0.2, 0.25) is 5.02 Å². The molecule has 0 bridgehead atoms. The van der Waals surface area contributed by atoms with Gasteiger partial charge in [-0.2, -0.15) is 0 Å². The molecule has 3 rings (SSSR count). The Kier molecular flexibility index (Phi) is 6.49. The van der Waals surface area contributed by atoms with Gasteiger partial charge in [0.05, 0.1) is 25.2 Å². The summed E-state index contributed by atoms with van der Waals surface area (Å²) in [7, 11) is 0. The summed E-state index contributed by atoms with van der Waals surface area (Å²) < 4.78 is 5.47. The normalized spacial score (nSPS) is 23.6. The van der Waals surface area contributed by atoms with Crippen molar-refractivity contribution in [2.75, 3.05) is 45.9 Å². The third-order valence-corrected chi connectivity index (χ3v) is 5.23. The summed E-state index contributed by atoms with van der Waals surface area (Å²) in [6.45, 7) is 5.54. The maximum absolute atomic E-state index is 12.5. The van der Waals surface area contributed by atoms with Crippen molar-refractivity contribution in [1.29, 1.82) is 0 Å². The molecule has 0 radical (unpaired) electrons. The monoisotopic (exact) mass is 351 g/mol. The van der Waals surface area contributed by atoms with E-state index in [9.17, 15) is 4.79 Å². The van der Waals surface area contributed by atoms with Gasteiger partial charge in [0.1, 0.15) is 0 Å². The fourth-order valence-corrected chi connectivity index (χ4v) is 3.75. The molecule has 6 heteroatoms. The van der Waals surface area contributed by atoms with Gasteiger partial charge in [-0.1, -0.05) is 29.8 Å². The van der Waals surface area contributed by atoms with Crippen LogP contribution >= 0.6 is 11.6 Å². The highest BCUT2D eigenvalue weighted by Crippen LogP contribution is 2.28. The topological polar surface area (TPSA) is 53.6 Å². The van der Waals surface area contributed by atoms with Gasteiger partial charge in [0.25, 0.3) is 0 Å². The number of carbonyl (C=O) groups excluding carboxylic acids is 1. The Hall–Kier alpha value is -1.14. The Balaban J connectivity index is 1.67. The summed E-state index contributed by atoms with van der Waals surface area (Å²) in [6, 6.07) is 7.99. The molecule has 0 saturated carbocycles. The van der Waals surface area contributed by atoms with Crippen molar-refractivity contribution in [3.05, 3.63) is 34.9 Å². The van der Waals surface area contributed by atoms with Gasteiger partial charge < -0.3 is 15.4 Å². The number of rotatable bonds is 5. The average Bonchev–Trinajstić information content (AvgIpc) is 2.65. The number of benzene rings is 1. The molecule has 5 nitrogen and oxygen atoms in total. The van der Waals surface area contributed by atoms with Gasteiger partial charge >= 0.3 is 0 Å². The Morgan fingerprint density at radius 1 is 1.38 bits per heavy atom. The van der Waals surface area contributed by atoms with Crippen molar-refractivity contribution in [3.8, 4) is 0 Å². The molecule has 0 aliphatic carbocycles. The smallest absolute Gasteiger partial charge is 0.224 e. The van der Waals surface area contributed by atoms with E-state index in [1.54, 1.807) is 0 Å². The highest BCUT2D eigenvalue weighted by Gasteiger charge is 2.27. The molecular formula is C18H26ClN3O2. The van der Waals surface area contributed by atoms with Crippen LogP contribution in [0.1, 0.15) is 24.4 Å². The number of nitrogens with one attached hydrogen (secondary N) is 2. The van der Waals surface area contributed by atoms with E-state index in [1.807, 2.05) is 18.2 Å². The summed E-state index contributed by atoms with van der Waals surface area (Å²) in [6.07, 6.45) is 2.03.